The van der Waals surface area contributed by atoms with E-state index in [1.54, 1.807) is 0 Å². The van der Waals surface area contributed by atoms with Crippen LogP contribution in [0.15, 0.2) is 0 Å². The van der Waals surface area contributed by atoms with Crippen molar-refractivity contribution in [1.29, 1.82) is 0 Å². The normalized spacial score (nSPS) is 13.3. The molecular formula is C30H66N4O8. The second-order valence-corrected chi connectivity index (χ2v) is 10.5. The van der Waals surface area contributed by atoms with Crippen LogP contribution in [0.3, 0.4) is 0 Å². The van der Waals surface area contributed by atoms with E-state index in [9.17, 15) is 10.2 Å². The lowest BCUT2D eigenvalue weighted by atomic mass is 10.3. The van der Waals surface area contributed by atoms with Crippen LogP contribution >= 0.6 is 0 Å². The first-order valence-corrected chi connectivity index (χ1v) is 16.3. The van der Waals surface area contributed by atoms with E-state index in [2.05, 4.69) is 17.1 Å². The van der Waals surface area contributed by atoms with Crippen LogP contribution in [-0.4, -0.2) is 140 Å². The number of hydrogen-bond acceptors (Lipinski definition) is 12. The standard InChI is InChI=1S/C30H66N4O8/c1-2-3-15-42-28-34(14-4-5-20-41-27-32)24-30(36)26-40-19-9-8-18-39-25-29(35)23-33-13-11-22-38-17-7-6-16-37-21-10-12-31/h29-30,33,35-36H,2-28,31-32H2,1H3. The Balaban J connectivity index is 3.60. The summed E-state index contributed by atoms with van der Waals surface area (Å²) in [5, 5.41) is 23.7. The fraction of sp³-hybridized carbons (Fsp3) is 1.00. The van der Waals surface area contributed by atoms with Gasteiger partial charge in [0.05, 0.1) is 38.9 Å². The van der Waals surface area contributed by atoms with Gasteiger partial charge < -0.3 is 55.4 Å². The summed E-state index contributed by atoms with van der Waals surface area (Å²) in [4.78, 5) is 2.12. The summed E-state index contributed by atoms with van der Waals surface area (Å²) in [6, 6.07) is 0. The molecule has 0 aromatic rings. The summed E-state index contributed by atoms with van der Waals surface area (Å²) >= 11 is 0. The van der Waals surface area contributed by atoms with Gasteiger partial charge in [0.2, 0.25) is 0 Å². The van der Waals surface area contributed by atoms with Crippen molar-refractivity contribution in [2.75, 3.05) is 112 Å². The maximum Gasteiger partial charge on any atom is 0.0991 e. The van der Waals surface area contributed by atoms with E-state index in [-0.39, 0.29) is 6.73 Å². The van der Waals surface area contributed by atoms with Crippen LogP contribution < -0.4 is 16.8 Å². The Labute approximate surface area is 256 Å². The molecule has 42 heavy (non-hydrogen) atoms. The summed E-state index contributed by atoms with van der Waals surface area (Å²) in [6.45, 7) is 12.3. The minimum atomic E-state index is -0.567. The van der Waals surface area contributed by atoms with E-state index in [0.717, 1.165) is 104 Å². The zero-order chi connectivity index (χ0) is 30.8. The Morgan fingerprint density at radius 3 is 1.81 bits per heavy atom. The molecule has 0 rings (SSSR count). The summed E-state index contributed by atoms with van der Waals surface area (Å²) in [5.74, 6) is 0. The van der Waals surface area contributed by atoms with Gasteiger partial charge in [0.1, 0.15) is 0 Å². The number of unbranched alkanes of at least 4 members (excludes halogenated alkanes) is 4. The second-order valence-electron chi connectivity index (χ2n) is 10.5. The zero-order valence-electron chi connectivity index (χ0n) is 26.7. The van der Waals surface area contributed by atoms with Crippen LogP contribution in [0.2, 0.25) is 0 Å². The number of rotatable bonds is 36. The van der Waals surface area contributed by atoms with Crippen LogP contribution in [-0.2, 0) is 28.4 Å². The average molecular weight is 611 g/mol. The largest absolute Gasteiger partial charge is 0.389 e. The van der Waals surface area contributed by atoms with Gasteiger partial charge in [-0.3, -0.25) is 4.90 Å². The molecule has 12 nitrogen and oxygen atoms in total. The SMILES string of the molecule is CCCCOCN(CCCCOCN)CC(O)COCCCCOCC(O)CNCCCOCCCCOCCCN. The number of aliphatic hydroxyl groups excluding tert-OH is 2. The van der Waals surface area contributed by atoms with E-state index in [4.69, 9.17) is 39.9 Å². The van der Waals surface area contributed by atoms with Crippen LogP contribution in [0.1, 0.15) is 71.1 Å². The molecule has 0 radical (unpaired) electrons. The Bertz CT molecular complexity index is 514. The van der Waals surface area contributed by atoms with Gasteiger partial charge >= 0.3 is 0 Å². The van der Waals surface area contributed by atoms with Crippen molar-refractivity contribution in [3.63, 3.8) is 0 Å². The topological polar surface area (TPSA) is 163 Å². The second kappa shape index (κ2) is 35.0. The molecule has 0 aliphatic heterocycles. The quantitative estimate of drug-likeness (QED) is 0.0513. The predicted molar refractivity (Wildman–Crippen MR) is 166 cm³/mol. The highest BCUT2D eigenvalue weighted by molar-refractivity contribution is 4.63. The third-order valence-corrected chi connectivity index (χ3v) is 6.31. The van der Waals surface area contributed by atoms with E-state index in [0.29, 0.717) is 66.0 Å². The molecule has 0 saturated carbocycles. The molecule has 0 bridgehead atoms. The van der Waals surface area contributed by atoms with Crippen molar-refractivity contribution < 1.29 is 38.6 Å². The zero-order valence-corrected chi connectivity index (χ0v) is 26.7. The lowest BCUT2D eigenvalue weighted by Crippen LogP contribution is -2.37. The lowest BCUT2D eigenvalue weighted by molar-refractivity contribution is -0.0253. The molecule has 0 saturated heterocycles. The number of nitrogens with one attached hydrogen (secondary N) is 1. The van der Waals surface area contributed by atoms with Gasteiger partial charge in [-0.15, -0.1) is 0 Å². The first kappa shape index (κ1) is 41.5. The van der Waals surface area contributed by atoms with Crippen molar-refractivity contribution in [1.82, 2.24) is 10.2 Å². The Morgan fingerprint density at radius 1 is 0.619 bits per heavy atom. The molecule has 2 atom stereocenters. The predicted octanol–water partition coefficient (Wildman–Crippen LogP) is 1.45. The average Bonchev–Trinajstić information content (AvgIpc) is 2.98. The molecule has 254 valence electrons. The van der Waals surface area contributed by atoms with Gasteiger partial charge in [-0.2, -0.15) is 0 Å². The molecule has 0 fully saturated rings. The van der Waals surface area contributed by atoms with Crippen molar-refractivity contribution in [3.05, 3.63) is 0 Å². The molecule has 0 amide bonds. The molecular weight excluding hydrogens is 544 g/mol. The lowest BCUT2D eigenvalue weighted by Gasteiger charge is -2.25. The van der Waals surface area contributed by atoms with E-state index < -0.39 is 12.2 Å². The van der Waals surface area contributed by atoms with Crippen molar-refractivity contribution in [2.24, 2.45) is 11.5 Å². The molecule has 7 N–H and O–H groups in total. The number of nitrogens with zero attached hydrogens (tertiary/aromatic N) is 1. The van der Waals surface area contributed by atoms with Crippen LogP contribution in [0, 0.1) is 0 Å². The van der Waals surface area contributed by atoms with Gasteiger partial charge in [-0.25, -0.2) is 0 Å². The number of aliphatic hydroxyl groups is 2. The third kappa shape index (κ3) is 32.4. The molecule has 12 heteroatoms. The van der Waals surface area contributed by atoms with Crippen molar-refractivity contribution >= 4 is 0 Å². The van der Waals surface area contributed by atoms with Gasteiger partial charge in [-0.05, 0) is 70.9 Å². The molecule has 0 aliphatic carbocycles. The van der Waals surface area contributed by atoms with Gasteiger partial charge in [0.15, 0.2) is 0 Å². The maximum atomic E-state index is 10.4. The monoisotopic (exact) mass is 610 g/mol. The summed E-state index contributed by atoms with van der Waals surface area (Å²) in [6.07, 6.45) is 8.43. The minimum absolute atomic E-state index is 0.247. The smallest absolute Gasteiger partial charge is 0.0991 e. The van der Waals surface area contributed by atoms with Gasteiger partial charge in [0.25, 0.3) is 0 Å². The summed E-state index contributed by atoms with van der Waals surface area (Å²) < 4.78 is 33.3. The highest BCUT2D eigenvalue weighted by atomic mass is 16.5. The number of ether oxygens (including phenoxy) is 6. The van der Waals surface area contributed by atoms with Crippen LogP contribution in [0.4, 0.5) is 0 Å². The fourth-order valence-electron chi connectivity index (χ4n) is 3.89. The highest BCUT2D eigenvalue weighted by Gasteiger charge is 2.12. The Hall–Kier alpha value is -0.480. The number of hydrogen-bond donors (Lipinski definition) is 5. The van der Waals surface area contributed by atoms with Crippen LogP contribution in [0.5, 0.6) is 0 Å². The summed E-state index contributed by atoms with van der Waals surface area (Å²) in [5.41, 5.74) is 10.8. The molecule has 0 spiro atoms. The number of nitrogens with two attached hydrogens (primary N) is 2. The molecule has 0 heterocycles. The first-order valence-electron chi connectivity index (χ1n) is 16.3. The molecule has 2 unspecified atom stereocenters. The molecule has 0 aromatic heterocycles. The minimum Gasteiger partial charge on any atom is -0.389 e. The fourth-order valence-corrected chi connectivity index (χ4v) is 3.89. The van der Waals surface area contributed by atoms with E-state index in [1.807, 2.05) is 0 Å². The van der Waals surface area contributed by atoms with Gasteiger partial charge in [0, 0.05) is 72.5 Å². The third-order valence-electron chi connectivity index (χ3n) is 6.31. The maximum absolute atomic E-state index is 10.4. The highest BCUT2D eigenvalue weighted by Crippen LogP contribution is 2.02. The van der Waals surface area contributed by atoms with E-state index >= 15 is 0 Å². The summed E-state index contributed by atoms with van der Waals surface area (Å²) in [7, 11) is 0. The van der Waals surface area contributed by atoms with Crippen LogP contribution in [0.25, 0.3) is 0 Å². The van der Waals surface area contributed by atoms with Crippen molar-refractivity contribution in [2.45, 2.75) is 83.3 Å². The van der Waals surface area contributed by atoms with Crippen molar-refractivity contribution in [3.8, 4) is 0 Å². The molecule has 0 aromatic carbocycles. The van der Waals surface area contributed by atoms with E-state index in [1.165, 1.54) is 0 Å². The Morgan fingerprint density at radius 2 is 1.17 bits per heavy atom. The van der Waals surface area contributed by atoms with Gasteiger partial charge in [-0.1, -0.05) is 13.3 Å². The Kier molecular flexibility index (Phi) is 34.6. The first-order chi connectivity index (χ1) is 20.6. The molecule has 0 aliphatic rings.